The quantitative estimate of drug-likeness (QED) is 0.748. The van der Waals surface area contributed by atoms with Crippen LogP contribution in [0.2, 0.25) is 0 Å². The molecule has 0 unspecified atom stereocenters. The van der Waals surface area contributed by atoms with Gasteiger partial charge in [-0.05, 0) is 63.0 Å². The van der Waals surface area contributed by atoms with E-state index in [0.717, 1.165) is 37.9 Å². The number of rotatable bonds is 7. The fourth-order valence-electron chi connectivity index (χ4n) is 4.42. The maximum atomic E-state index is 13.2. The van der Waals surface area contributed by atoms with Gasteiger partial charge in [-0.25, -0.2) is 0 Å². The number of likely N-dealkylation sites (tertiary alicyclic amines) is 1. The third-order valence-corrected chi connectivity index (χ3v) is 6.21. The molecule has 0 aliphatic carbocycles. The van der Waals surface area contributed by atoms with Crippen molar-refractivity contribution in [2.24, 2.45) is 5.92 Å². The first-order valence-electron chi connectivity index (χ1n) is 10.5. The van der Waals surface area contributed by atoms with Crippen molar-refractivity contribution in [3.63, 3.8) is 0 Å². The second-order valence-corrected chi connectivity index (χ2v) is 8.02. The highest BCUT2D eigenvalue weighted by atomic mass is 16.5. The first-order chi connectivity index (χ1) is 14.1. The lowest BCUT2D eigenvalue weighted by molar-refractivity contribution is -0.150. The topological polar surface area (TPSA) is 71.5 Å². The van der Waals surface area contributed by atoms with Gasteiger partial charge in [0.25, 0.3) is 0 Å². The molecule has 7 nitrogen and oxygen atoms in total. The Kier molecular flexibility index (Phi) is 7.75. The van der Waals surface area contributed by atoms with Gasteiger partial charge in [-0.2, -0.15) is 0 Å². The van der Waals surface area contributed by atoms with Crippen LogP contribution < -0.4 is 9.47 Å². The van der Waals surface area contributed by atoms with Crippen LogP contribution in [0, 0.1) is 5.92 Å². The molecule has 0 bridgehead atoms. The molecule has 1 aromatic carbocycles. The molecule has 1 aromatic rings. The largest absolute Gasteiger partial charge is 0.493 e. The zero-order chi connectivity index (χ0) is 20.8. The van der Waals surface area contributed by atoms with Crippen molar-refractivity contribution in [1.82, 2.24) is 9.80 Å². The summed E-state index contributed by atoms with van der Waals surface area (Å²) in [5.74, 6) is 1.98. The SMILES string of the molecule is COc1ccc([C@@H]2[C@@H](CO)OCCN2C(=O)CCC2CCN(C)CC2)cc1OC. The van der Waals surface area contributed by atoms with E-state index in [-0.39, 0.29) is 18.6 Å². The highest BCUT2D eigenvalue weighted by Gasteiger charge is 2.36. The minimum absolute atomic E-state index is 0.130. The molecule has 2 aliphatic heterocycles. The fraction of sp³-hybridized carbons (Fsp3) is 0.682. The normalized spacial score (nSPS) is 23.8. The van der Waals surface area contributed by atoms with E-state index < -0.39 is 6.10 Å². The van der Waals surface area contributed by atoms with E-state index >= 15 is 0 Å². The number of amides is 1. The molecule has 0 saturated carbocycles. The molecule has 2 saturated heterocycles. The number of aliphatic hydroxyl groups excluding tert-OH is 1. The van der Waals surface area contributed by atoms with Crippen LogP contribution in [0.25, 0.3) is 0 Å². The van der Waals surface area contributed by atoms with E-state index in [1.54, 1.807) is 14.2 Å². The summed E-state index contributed by atoms with van der Waals surface area (Å²) in [5, 5.41) is 9.88. The molecule has 1 amide bonds. The molecule has 1 N–H and O–H groups in total. The van der Waals surface area contributed by atoms with Crippen molar-refractivity contribution in [2.45, 2.75) is 37.8 Å². The van der Waals surface area contributed by atoms with E-state index in [4.69, 9.17) is 14.2 Å². The number of methoxy groups -OCH3 is 2. The van der Waals surface area contributed by atoms with Crippen molar-refractivity contribution in [2.75, 3.05) is 54.1 Å². The number of nitrogens with zero attached hydrogens (tertiary/aromatic N) is 2. The van der Waals surface area contributed by atoms with Gasteiger partial charge in [-0.15, -0.1) is 0 Å². The zero-order valence-corrected chi connectivity index (χ0v) is 17.8. The summed E-state index contributed by atoms with van der Waals surface area (Å²) in [6, 6.07) is 5.29. The molecule has 7 heteroatoms. The van der Waals surface area contributed by atoms with Gasteiger partial charge in [0, 0.05) is 13.0 Å². The lowest BCUT2D eigenvalue weighted by Crippen LogP contribution is -2.49. The maximum absolute atomic E-state index is 13.2. The van der Waals surface area contributed by atoms with Gasteiger partial charge in [0.2, 0.25) is 5.91 Å². The van der Waals surface area contributed by atoms with Crippen LogP contribution in [0.3, 0.4) is 0 Å². The van der Waals surface area contributed by atoms with Crippen LogP contribution in [0.4, 0.5) is 0 Å². The lowest BCUT2D eigenvalue weighted by Gasteiger charge is -2.41. The van der Waals surface area contributed by atoms with Crippen LogP contribution in [0.5, 0.6) is 11.5 Å². The molecule has 0 spiro atoms. The summed E-state index contributed by atoms with van der Waals surface area (Å²) in [4.78, 5) is 17.4. The minimum atomic E-state index is -0.450. The van der Waals surface area contributed by atoms with Crippen molar-refractivity contribution in [3.8, 4) is 11.5 Å². The second-order valence-electron chi connectivity index (χ2n) is 8.02. The van der Waals surface area contributed by atoms with Crippen molar-refractivity contribution in [3.05, 3.63) is 23.8 Å². The third-order valence-electron chi connectivity index (χ3n) is 6.21. The molecular weight excluding hydrogens is 372 g/mol. The Labute approximate surface area is 173 Å². The first kappa shape index (κ1) is 21.9. The molecule has 0 aromatic heterocycles. The Morgan fingerprint density at radius 1 is 1.17 bits per heavy atom. The fourth-order valence-corrected chi connectivity index (χ4v) is 4.42. The average molecular weight is 407 g/mol. The summed E-state index contributed by atoms with van der Waals surface area (Å²) in [5.41, 5.74) is 0.883. The molecule has 162 valence electrons. The second kappa shape index (κ2) is 10.3. The molecule has 2 fully saturated rings. The van der Waals surface area contributed by atoms with Gasteiger partial charge in [0.1, 0.15) is 6.10 Å². The van der Waals surface area contributed by atoms with E-state index in [0.29, 0.717) is 37.0 Å². The minimum Gasteiger partial charge on any atom is -0.493 e. The highest BCUT2D eigenvalue weighted by molar-refractivity contribution is 5.77. The number of carbonyl (C=O) groups is 1. The number of piperidine rings is 1. The summed E-state index contributed by atoms with van der Waals surface area (Å²) in [7, 11) is 5.33. The van der Waals surface area contributed by atoms with Crippen molar-refractivity contribution < 1.29 is 24.1 Å². The smallest absolute Gasteiger partial charge is 0.223 e. The average Bonchev–Trinajstić information content (AvgIpc) is 2.77. The van der Waals surface area contributed by atoms with Gasteiger partial charge in [-0.3, -0.25) is 4.79 Å². The third kappa shape index (κ3) is 5.21. The predicted molar refractivity (Wildman–Crippen MR) is 110 cm³/mol. The number of hydrogen-bond donors (Lipinski definition) is 1. The molecule has 0 radical (unpaired) electrons. The summed E-state index contributed by atoms with van der Waals surface area (Å²) >= 11 is 0. The zero-order valence-electron chi connectivity index (χ0n) is 17.8. The highest BCUT2D eigenvalue weighted by Crippen LogP contribution is 2.36. The standard InChI is InChI=1S/C22H34N2O5/c1-23-10-8-16(9-11-23)4-7-21(26)24-12-13-29-20(15-25)22(24)17-5-6-18(27-2)19(14-17)28-3/h5-6,14,16,20,22,25H,4,7-13,15H2,1-3H3/t20-,22-/m1/s1. The molecule has 29 heavy (non-hydrogen) atoms. The molecule has 2 atom stereocenters. The van der Waals surface area contributed by atoms with Crippen LogP contribution in [-0.2, 0) is 9.53 Å². The molecule has 2 aliphatic rings. The molecular formula is C22H34N2O5. The maximum Gasteiger partial charge on any atom is 0.223 e. The van der Waals surface area contributed by atoms with Crippen LogP contribution in [-0.4, -0.2) is 81.0 Å². The Bertz CT molecular complexity index is 675. The van der Waals surface area contributed by atoms with Gasteiger partial charge >= 0.3 is 0 Å². The number of hydrogen-bond acceptors (Lipinski definition) is 6. The molecule has 2 heterocycles. The van der Waals surface area contributed by atoms with Crippen molar-refractivity contribution >= 4 is 5.91 Å². The predicted octanol–water partition coefficient (Wildman–Crippen LogP) is 2.09. The number of carbonyl (C=O) groups excluding carboxylic acids is 1. The van der Waals surface area contributed by atoms with E-state index in [9.17, 15) is 9.90 Å². The van der Waals surface area contributed by atoms with Gasteiger partial charge in [0.15, 0.2) is 11.5 Å². The first-order valence-corrected chi connectivity index (χ1v) is 10.5. The Balaban J connectivity index is 1.74. The summed E-state index contributed by atoms with van der Waals surface area (Å²) in [6.45, 7) is 3.04. The summed E-state index contributed by atoms with van der Waals surface area (Å²) in [6.07, 6.45) is 3.33. The van der Waals surface area contributed by atoms with E-state index in [1.165, 1.54) is 0 Å². The Morgan fingerprint density at radius 2 is 1.90 bits per heavy atom. The number of benzene rings is 1. The van der Waals surface area contributed by atoms with Crippen LogP contribution in [0.15, 0.2) is 18.2 Å². The van der Waals surface area contributed by atoms with Gasteiger partial charge in [0.05, 0.1) is 33.5 Å². The number of ether oxygens (including phenoxy) is 3. The van der Waals surface area contributed by atoms with Gasteiger partial charge < -0.3 is 29.1 Å². The van der Waals surface area contributed by atoms with Gasteiger partial charge in [-0.1, -0.05) is 6.07 Å². The van der Waals surface area contributed by atoms with E-state index in [1.807, 2.05) is 23.1 Å². The summed E-state index contributed by atoms with van der Waals surface area (Å²) < 4.78 is 16.6. The number of aliphatic hydroxyl groups is 1. The molecule has 3 rings (SSSR count). The Hall–Kier alpha value is -1.83. The van der Waals surface area contributed by atoms with Crippen LogP contribution >= 0.6 is 0 Å². The number of morpholine rings is 1. The lowest BCUT2D eigenvalue weighted by atomic mass is 9.91. The Morgan fingerprint density at radius 3 is 2.55 bits per heavy atom. The van der Waals surface area contributed by atoms with E-state index in [2.05, 4.69) is 11.9 Å². The monoisotopic (exact) mass is 406 g/mol. The van der Waals surface area contributed by atoms with Crippen LogP contribution in [0.1, 0.15) is 37.3 Å². The van der Waals surface area contributed by atoms with Crippen molar-refractivity contribution in [1.29, 1.82) is 0 Å².